The fourth-order valence-electron chi connectivity index (χ4n) is 4.18. The Labute approximate surface area is 136 Å². The standard InChI is InChI=1S/C17H26N2O2S/c1-11-7-9-22-13(11)10-19(4)15(20)17(18)12-6-5-8-21-14(12)16(17,2)3/h7,9,12,14H,5-6,8,10,18H2,1-4H3. The van der Waals surface area contributed by atoms with Crippen molar-refractivity contribution in [3.63, 3.8) is 0 Å². The van der Waals surface area contributed by atoms with Gasteiger partial charge in [0.05, 0.1) is 12.6 Å². The Morgan fingerprint density at radius 2 is 2.27 bits per heavy atom. The average Bonchev–Trinajstić information content (AvgIpc) is 2.90. The van der Waals surface area contributed by atoms with Crippen molar-refractivity contribution in [1.29, 1.82) is 0 Å². The van der Waals surface area contributed by atoms with Crippen molar-refractivity contribution in [1.82, 2.24) is 4.90 Å². The van der Waals surface area contributed by atoms with Crippen LogP contribution in [0, 0.1) is 18.3 Å². The van der Waals surface area contributed by atoms with Gasteiger partial charge >= 0.3 is 0 Å². The van der Waals surface area contributed by atoms with Crippen LogP contribution >= 0.6 is 11.3 Å². The molecule has 1 saturated heterocycles. The highest BCUT2D eigenvalue weighted by Crippen LogP contribution is 2.57. The topological polar surface area (TPSA) is 55.6 Å². The summed E-state index contributed by atoms with van der Waals surface area (Å²) in [6.45, 7) is 7.65. The van der Waals surface area contributed by atoms with Crippen molar-refractivity contribution >= 4 is 17.2 Å². The summed E-state index contributed by atoms with van der Waals surface area (Å²) in [4.78, 5) is 16.1. The van der Waals surface area contributed by atoms with Gasteiger partial charge in [0.1, 0.15) is 5.54 Å². The number of nitrogens with two attached hydrogens (primary N) is 1. The fourth-order valence-corrected chi connectivity index (χ4v) is 5.14. The normalized spacial score (nSPS) is 33.0. The number of amides is 1. The average molecular weight is 322 g/mol. The van der Waals surface area contributed by atoms with E-state index in [4.69, 9.17) is 10.5 Å². The van der Waals surface area contributed by atoms with Crippen molar-refractivity contribution in [2.75, 3.05) is 13.7 Å². The van der Waals surface area contributed by atoms with Crippen LogP contribution in [0.5, 0.6) is 0 Å². The minimum Gasteiger partial charge on any atom is -0.377 e. The molecule has 2 aliphatic rings. The highest BCUT2D eigenvalue weighted by Gasteiger charge is 2.70. The van der Waals surface area contributed by atoms with E-state index in [9.17, 15) is 4.79 Å². The van der Waals surface area contributed by atoms with E-state index >= 15 is 0 Å². The second-order valence-electron chi connectivity index (χ2n) is 7.32. The van der Waals surface area contributed by atoms with Gasteiger partial charge < -0.3 is 15.4 Å². The van der Waals surface area contributed by atoms with Crippen LogP contribution < -0.4 is 5.73 Å². The number of thiophene rings is 1. The van der Waals surface area contributed by atoms with E-state index in [1.54, 1.807) is 16.2 Å². The molecule has 1 aromatic heterocycles. The number of likely N-dealkylation sites (N-methyl/N-ethyl adjacent to an activating group) is 1. The number of nitrogens with zero attached hydrogens (tertiary/aromatic N) is 1. The number of carbonyl (C=O) groups excluding carboxylic acids is 1. The van der Waals surface area contributed by atoms with E-state index in [1.165, 1.54) is 10.4 Å². The van der Waals surface area contributed by atoms with Gasteiger partial charge in [-0.3, -0.25) is 4.79 Å². The van der Waals surface area contributed by atoms with Gasteiger partial charge in [-0.1, -0.05) is 13.8 Å². The van der Waals surface area contributed by atoms with E-state index < -0.39 is 5.54 Å². The number of hydrogen-bond acceptors (Lipinski definition) is 4. The molecule has 1 aliphatic heterocycles. The summed E-state index contributed by atoms with van der Waals surface area (Å²) in [6, 6.07) is 2.09. The number of fused-ring (bicyclic) bond motifs is 1. The molecule has 2 heterocycles. The van der Waals surface area contributed by atoms with Crippen LogP contribution in [0.15, 0.2) is 11.4 Å². The van der Waals surface area contributed by atoms with Crippen molar-refractivity contribution in [3.05, 3.63) is 21.9 Å². The summed E-state index contributed by atoms with van der Waals surface area (Å²) in [7, 11) is 1.86. The van der Waals surface area contributed by atoms with Gasteiger partial charge in [0.15, 0.2) is 0 Å². The minimum absolute atomic E-state index is 0.0528. The number of hydrogen-bond donors (Lipinski definition) is 1. The van der Waals surface area contributed by atoms with Crippen LogP contribution in [0.2, 0.25) is 0 Å². The molecule has 1 amide bonds. The van der Waals surface area contributed by atoms with Crippen molar-refractivity contribution in [2.45, 2.75) is 51.8 Å². The van der Waals surface area contributed by atoms with Crippen LogP contribution in [0.1, 0.15) is 37.1 Å². The van der Waals surface area contributed by atoms with Gasteiger partial charge in [0, 0.05) is 29.9 Å². The van der Waals surface area contributed by atoms with Crippen molar-refractivity contribution < 1.29 is 9.53 Å². The van der Waals surface area contributed by atoms with E-state index in [-0.39, 0.29) is 23.3 Å². The second-order valence-corrected chi connectivity index (χ2v) is 8.32. The molecule has 3 atom stereocenters. The molecule has 22 heavy (non-hydrogen) atoms. The maximum absolute atomic E-state index is 13.1. The quantitative estimate of drug-likeness (QED) is 0.930. The predicted molar refractivity (Wildman–Crippen MR) is 88.7 cm³/mol. The molecule has 5 heteroatoms. The van der Waals surface area contributed by atoms with E-state index in [1.807, 2.05) is 7.05 Å². The SMILES string of the molecule is Cc1ccsc1CN(C)C(=O)C1(N)C2CCCOC2C1(C)C. The highest BCUT2D eigenvalue weighted by molar-refractivity contribution is 7.10. The summed E-state index contributed by atoms with van der Waals surface area (Å²) < 4.78 is 5.89. The van der Waals surface area contributed by atoms with Crippen LogP contribution in [0.3, 0.4) is 0 Å². The molecule has 0 bridgehead atoms. The van der Waals surface area contributed by atoms with Gasteiger partial charge in [-0.2, -0.15) is 0 Å². The molecular formula is C17H26N2O2S. The Kier molecular flexibility index (Phi) is 3.86. The number of rotatable bonds is 3. The lowest BCUT2D eigenvalue weighted by Gasteiger charge is -2.65. The molecule has 4 nitrogen and oxygen atoms in total. The zero-order chi connectivity index (χ0) is 16.1. The Hall–Kier alpha value is -0.910. The van der Waals surface area contributed by atoms with Gasteiger partial charge in [0.25, 0.3) is 0 Å². The third kappa shape index (κ3) is 2.06. The lowest BCUT2D eigenvalue weighted by atomic mass is 9.46. The smallest absolute Gasteiger partial charge is 0.243 e. The van der Waals surface area contributed by atoms with E-state index in [0.717, 1.165) is 19.4 Å². The Balaban J connectivity index is 1.79. The molecule has 2 N–H and O–H groups in total. The molecule has 3 rings (SSSR count). The Morgan fingerprint density at radius 1 is 1.55 bits per heavy atom. The Morgan fingerprint density at radius 3 is 2.91 bits per heavy atom. The molecule has 1 saturated carbocycles. The monoisotopic (exact) mass is 322 g/mol. The van der Waals surface area contributed by atoms with Gasteiger partial charge in [-0.15, -0.1) is 11.3 Å². The highest BCUT2D eigenvalue weighted by atomic mass is 32.1. The van der Waals surface area contributed by atoms with E-state index in [2.05, 4.69) is 32.2 Å². The first-order chi connectivity index (χ1) is 10.3. The molecule has 0 spiro atoms. The van der Waals surface area contributed by atoms with Gasteiger partial charge in [-0.25, -0.2) is 0 Å². The zero-order valence-electron chi connectivity index (χ0n) is 13.9. The summed E-state index contributed by atoms with van der Waals surface area (Å²) in [5, 5.41) is 2.07. The van der Waals surface area contributed by atoms with Crippen LogP contribution in [0.25, 0.3) is 0 Å². The predicted octanol–water partition coefficient (Wildman–Crippen LogP) is 2.55. The number of aryl methyl sites for hydroxylation is 1. The van der Waals surface area contributed by atoms with Gasteiger partial charge in [-0.05, 0) is 36.8 Å². The molecule has 2 fully saturated rings. The molecule has 1 aromatic rings. The summed E-state index contributed by atoms with van der Waals surface area (Å²) in [5.74, 6) is 0.202. The van der Waals surface area contributed by atoms with Crippen LogP contribution in [-0.4, -0.2) is 36.1 Å². The minimum atomic E-state index is -0.808. The first-order valence-electron chi connectivity index (χ1n) is 7.99. The second kappa shape index (κ2) is 5.32. The van der Waals surface area contributed by atoms with Gasteiger partial charge in [0.2, 0.25) is 5.91 Å². The van der Waals surface area contributed by atoms with E-state index in [0.29, 0.717) is 6.54 Å². The Bertz CT molecular complexity index is 583. The van der Waals surface area contributed by atoms with Crippen molar-refractivity contribution in [2.24, 2.45) is 17.1 Å². The largest absolute Gasteiger partial charge is 0.377 e. The van der Waals surface area contributed by atoms with Crippen molar-refractivity contribution in [3.8, 4) is 0 Å². The van der Waals surface area contributed by atoms with Crippen LogP contribution in [0.4, 0.5) is 0 Å². The molecule has 0 radical (unpaired) electrons. The van der Waals surface area contributed by atoms with Crippen LogP contribution in [-0.2, 0) is 16.1 Å². The summed E-state index contributed by atoms with van der Waals surface area (Å²) in [5.41, 5.74) is 6.80. The molecular weight excluding hydrogens is 296 g/mol. The molecule has 1 aliphatic carbocycles. The fraction of sp³-hybridized carbons (Fsp3) is 0.706. The maximum Gasteiger partial charge on any atom is 0.243 e. The third-order valence-corrected chi connectivity index (χ3v) is 6.74. The first kappa shape index (κ1) is 16.0. The lowest BCUT2D eigenvalue weighted by Crippen LogP contribution is -2.82. The number of ether oxygens (including phenoxy) is 1. The lowest BCUT2D eigenvalue weighted by molar-refractivity contribution is -0.229. The molecule has 0 aromatic carbocycles. The number of carbonyl (C=O) groups is 1. The first-order valence-corrected chi connectivity index (χ1v) is 8.87. The third-order valence-electron chi connectivity index (χ3n) is 5.73. The molecule has 122 valence electrons. The summed E-state index contributed by atoms with van der Waals surface area (Å²) in [6.07, 6.45) is 2.10. The maximum atomic E-state index is 13.1. The summed E-state index contributed by atoms with van der Waals surface area (Å²) >= 11 is 1.69. The molecule has 3 unspecified atom stereocenters. The zero-order valence-corrected chi connectivity index (χ0v) is 14.7.